The lowest BCUT2D eigenvalue weighted by molar-refractivity contribution is 0.458. The van der Waals surface area contributed by atoms with Crippen LogP contribution in [0.4, 0.5) is 14.5 Å². The fourth-order valence-electron chi connectivity index (χ4n) is 3.09. The molecule has 2 aromatic rings. The van der Waals surface area contributed by atoms with Gasteiger partial charge in [0, 0.05) is 38.4 Å². The minimum atomic E-state index is -4.05. The summed E-state index contributed by atoms with van der Waals surface area (Å²) in [7, 11) is -2.65. The van der Waals surface area contributed by atoms with Gasteiger partial charge in [0.05, 0.1) is 0 Å². The van der Waals surface area contributed by atoms with Crippen LogP contribution in [0.2, 0.25) is 0 Å². The zero-order valence-electron chi connectivity index (χ0n) is 14.0. The van der Waals surface area contributed by atoms with E-state index in [1.165, 1.54) is 7.05 Å². The first-order valence-corrected chi connectivity index (χ1v) is 9.58. The van der Waals surface area contributed by atoms with Gasteiger partial charge in [-0.3, -0.25) is 0 Å². The van der Waals surface area contributed by atoms with E-state index in [1.54, 1.807) is 0 Å². The Labute approximate surface area is 146 Å². The molecule has 4 nitrogen and oxygen atoms in total. The van der Waals surface area contributed by atoms with Gasteiger partial charge in [0.15, 0.2) is 0 Å². The Morgan fingerprint density at radius 3 is 2.44 bits per heavy atom. The standard InChI is InChI=1S/C18H20F2N2O2S/c1-21(25(23,24)18-9-8-15(19)12-16(18)20)13-14-6-2-3-7-17(14)22-10-4-5-11-22/h2-3,6-9,12H,4-5,10-11,13H2,1H3. The summed E-state index contributed by atoms with van der Waals surface area (Å²) in [4.78, 5) is 1.71. The molecule has 0 amide bonds. The first-order valence-electron chi connectivity index (χ1n) is 8.14. The molecule has 0 unspecified atom stereocenters. The van der Waals surface area contributed by atoms with E-state index in [-0.39, 0.29) is 6.54 Å². The molecule has 7 heteroatoms. The molecule has 1 heterocycles. The molecule has 25 heavy (non-hydrogen) atoms. The minimum Gasteiger partial charge on any atom is -0.371 e. The highest BCUT2D eigenvalue weighted by Gasteiger charge is 2.26. The summed E-state index contributed by atoms with van der Waals surface area (Å²) in [6.07, 6.45) is 2.23. The van der Waals surface area contributed by atoms with Crippen molar-refractivity contribution in [1.29, 1.82) is 0 Å². The largest absolute Gasteiger partial charge is 0.371 e. The molecule has 0 aliphatic carbocycles. The van der Waals surface area contributed by atoms with E-state index in [4.69, 9.17) is 0 Å². The Morgan fingerprint density at radius 2 is 1.76 bits per heavy atom. The summed E-state index contributed by atoms with van der Waals surface area (Å²) in [5.41, 5.74) is 1.86. The van der Waals surface area contributed by atoms with Gasteiger partial charge in [0.2, 0.25) is 10.0 Å². The molecule has 1 saturated heterocycles. The molecule has 134 valence electrons. The van der Waals surface area contributed by atoms with Crippen molar-refractivity contribution in [3.8, 4) is 0 Å². The smallest absolute Gasteiger partial charge is 0.246 e. The van der Waals surface area contributed by atoms with E-state index in [9.17, 15) is 17.2 Å². The van der Waals surface area contributed by atoms with Gasteiger partial charge in [-0.2, -0.15) is 4.31 Å². The molecule has 0 aromatic heterocycles. The molecule has 3 rings (SSSR count). The maximum atomic E-state index is 13.9. The van der Waals surface area contributed by atoms with Crippen molar-refractivity contribution in [2.45, 2.75) is 24.3 Å². The molecule has 0 N–H and O–H groups in total. The molecule has 1 fully saturated rings. The molecular weight excluding hydrogens is 346 g/mol. The number of hydrogen-bond donors (Lipinski definition) is 0. The van der Waals surface area contributed by atoms with Crippen LogP contribution in [0.25, 0.3) is 0 Å². The van der Waals surface area contributed by atoms with E-state index in [1.807, 2.05) is 24.3 Å². The number of rotatable bonds is 5. The van der Waals surface area contributed by atoms with Crippen molar-refractivity contribution in [1.82, 2.24) is 4.31 Å². The Balaban J connectivity index is 1.88. The lowest BCUT2D eigenvalue weighted by atomic mass is 10.1. The van der Waals surface area contributed by atoms with Gasteiger partial charge in [-0.15, -0.1) is 0 Å². The fraction of sp³-hybridized carbons (Fsp3) is 0.333. The summed E-state index contributed by atoms with van der Waals surface area (Å²) in [5, 5.41) is 0. The third-order valence-corrected chi connectivity index (χ3v) is 6.25. The van der Waals surface area contributed by atoms with Crippen LogP contribution >= 0.6 is 0 Å². The monoisotopic (exact) mass is 366 g/mol. The minimum absolute atomic E-state index is 0.117. The normalized spacial score (nSPS) is 15.1. The fourth-order valence-corrected chi connectivity index (χ4v) is 4.28. The summed E-state index contributed by atoms with van der Waals surface area (Å²) in [6.45, 7) is 2.01. The van der Waals surface area contributed by atoms with E-state index in [2.05, 4.69) is 4.90 Å². The maximum Gasteiger partial charge on any atom is 0.246 e. The summed E-state index contributed by atoms with van der Waals surface area (Å²) in [6, 6.07) is 10.1. The van der Waals surface area contributed by atoms with Crippen molar-refractivity contribution in [2.75, 3.05) is 25.0 Å². The zero-order valence-corrected chi connectivity index (χ0v) is 14.8. The Bertz CT molecular complexity index is 865. The molecule has 0 spiro atoms. The number of benzene rings is 2. The summed E-state index contributed by atoms with van der Waals surface area (Å²) < 4.78 is 53.4. The Kier molecular flexibility index (Phi) is 5.06. The van der Waals surface area contributed by atoms with Crippen LogP contribution in [-0.4, -0.2) is 32.9 Å². The van der Waals surface area contributed by atoms with Gasteiger partial charge in [0.25, 0.3) is 0 Å². The molecule has 2 aromatic carbocycles. The van der Waals surface area contributed by atoms with Gasteiger partial charge in [-0.1, -0.05) is 18.2 Å². The Hall–Kier alpha value is -1.99. The lowest BCUT2D eigenvalue weighted by Gasteiger charge is -2.24. The average Bonchev–Trinajstić information content (AvgIpc) is 3.09. The molecular formula is C18H20F2N2O2S. The summed E-state index contributed by atoms with van der Waals surface area (Å²) >= 11 is 0. The first kappa shape index (κ1) is 17.8. The number of para-hydroxylation sites is 1. The van der Waals surface area contributed by atoms with Crippen LogP contribution in [0.5, 0.6) is 0 Å². The Morgan fingerprint density at radius 1 is 1.08 bits per heavy atom. The van der Waals surface area contributed by atoms with Crippen molar-refractivity contribution < 1.29 is 17.2 Å². The average molecular weight is 366 g/mol. The lowest BCUT2D eigenvalue weighted by Crippen LogP contribution is -2.28. The summed E-state index contributed by atoms with van der Waals surface area (Å²) in [5.74, 6) is -1.89. The highest BCUT2D eigenvalue weighted by molar-refractivity contribution is 7.89. The zero-order chi connectivity index (χ0) is 18.0. The number of halogens is 2. The third-order valence-electron chi connectivity index (χ3n) is 4.41. The maximum absolute atomic E-state index is 13.9. The predicted octanol–water partition coefficient (Wildman–Crippen LogP) is 3.39. The van der Waals surface area contributed by atoms with Gasteiger partial charge in [-0.25, -0.2) is 17.2 Å². The molecule has 0 atom stereocenters. The van der Waals surface area contributed by atoms with Crippen LogP contribution in [-0.2, 0) is 16.6 Å². The number of sulfonamides is 1. The molecule has 0 radical (unpaired) electrons. The second-order valence-corrected chi connectivity index (χ2v) is 8.17. The van der Waals surface area contributed by atoms with E-state index < -0.39 is 26.6 Å². The van der Waals surface area contributed by atoms with E-state index >= 15 is 0 Å². The predicted molar refractivity (Wildman–Crippen MR) is 92.9 cm³/mol. The van der Waals surface area contributed by atoms with Crippen molar-refractivity contribution in [3.05, 3.63) is 59.7 Å². The van der Waals surface area contributed by atoms with Crippen molar-refractivity contribution in [3.63, 3.8) is 0 Å². The van der Waals surface area contributed by atoms with Crippen LogP contribution in [0.15, 0.2) is 47.4 Å². The quantitative estimate of drug-likeness (QED) is 0.814. The molecule has 0 saturated carbocycles. The topological polar surface area (TPSA) is 40.6 Å². The molecule has 1 aliphatic rings. The van der Waals surface area contributed by atoms with Crippen molar-refractivity contribution >= 4 is 15.7 Å². The van der Waals surface area contributed by atoms with E-state index in [0.29, 0.717) is 6.07 Å². The second-order valence-electron chi connectivity index (χ2n) is 6.16. The van der Waals surface area contributed by atoms with Crippen LogP contribution in [0.3, 0.4) is 0 Å². The van der Waals surface area contributed by atoms with E-state index in [0.717, 1.165) is 53.6 Å². The van der Waals surface area contributed by atoms with Crippen molar-refractivity contribution in [2.24, 2.45) is 0 Å². The SMILES string of the molecule is CN(Cc1ccccc1N1CCCC1)S(=O)(=O)c1ccc(F)cc1F. The third kappa shape index (κ3) is 3.67. The number of nitrogens with zero attached hydrogens (tertiary/aromatic N) is 2. The number of anilines is 1. The van der Waals surface area contributed by atoms with Crippen LogP contribution < -0.4 is 4.90 Å². The van der Waals surface area contributed by atoms with Crippen LogP contribution in [0.1, 0.15) is 18.4 Å². The molecule has 1 aliphatic heterocycles. The first-order chi connectivity index (χ1) is 11.9. The highest BCUT2D eigenvalue weighted by Crippen LogP contribution is 2.27. The van der Waals surface area contributed by atoms with Gasteiger partial charge in [-0.05, 0) is 36.6 Å². The van der Waals surface area contributed by atoms with Gasteiger partial charge < -0.3 is 4.90 Å². The second kappa shape index (κ2) is 7.09. The van der Waals surface area contributed by atoms with Crippen LogP contribution in [0, 0.1) is 11.6 Å². The van der Waals surface area contributed by atoms with Gasteiger partial charge >= 0.3 is 0 Å². The van der Waals surface area contributed by atoms with Gasteiger partial charge in [0.1, 0.15) is 16.5 Å². The highest BCUT2D eigenvalue weighted by atomic mass is 32.2. The number of hydrogen-bond acceptors (Lipinski definition) is 3. The molecule has 0 bridgehead atoms.